The molecule has 158 valence electrons. The maximum Gasteiger partial charge on any atom is 0.252 e. The zero-order valence-corrected chi connectivity index (χ0v) is 17.4. The van der Waals surface area contributed by atoms with Gasteiger partial charge in [0, 0.05) is 56.7 Å². The highest BCUT2D eigenvalue weighted by atomic mass is 16.2. The van der Waals surface area contributed by atoms with Crippen molar-refractivity contribution in [2.24, 2.45) is 0 Å². The van der Waals surface area contributed by atoms with Gasteiger partial charge in [0.1, 0.15) is 0 Å². The van der Waals surface area contributed by atoms with Crippen LogP contribution in [0.15, 0.2) is 29.1 Å². The van der Waals surface area contributed by atoms with Crippen LogP contribution in [0.3, 0.4) is 0 Å². The van der Waals surface area contributed by atoms with E-state index in [2.05, 4.69) is 15.3 Å². The molecule has 1 atom stereocenters. The number of aromatic nitrogens is 2. The minimum Gasteiger partial charge on any atom is -0.354 e. The molecule has 2 aliphatic heterocycles. The van der Waals surface area contributed by atoms with Crippen molar-refractivity contribution in [3.63, 3.8) is 0 Å². The second kappa shape index (κ2) is 8.30. The first-order valence-electron chi connectivity index (χ1n) is 10.4. The number of benzene rings is 1. The summed E-state index contributed by atoms with van der Waals surface area (Å²) in [6.07, 6.45) is 1.83. The van der Waals surface area contributed by atoms with Gasteiger partial charge in [-0.05, 0) is 37.5 Å². The first kappa shape index (κ1) is 20.1. The molecule has 2 saturated heterocycles. The number of aryl methyl sites for hydroxylation is 1. The summed E-state index contributed by atoms with van der Waals surface area (Å²) >= 11 is 0. The molecule has 30 heavy (non-hydrogen) atoms. The number of anilines is 2. The van der Waals surface area contributed by atoms with Crippen LogP contribution in [-0.4, -0.2) is 52.9 Å². The van der Waals surface area contributed by atoms with Gasteiger partial charge in [-0.1, -0.05) is 12.1 Å². The number of nitrogens with one attached hydrogen (secondary N) is 2. The summed E-state index contributed by atoms with van der Waals surface area (Å²) < 4.78 is 0. The Labute approximate surface area is 175 Å². The van der Waals surface area contributed by atoms with Gasteiger partial charge in [-0.25, -0.2) is 4.98 Å². The zero-order chi connectivity index (χ0) is 21.3. The van der Waals surface area contributed by atoms with Crippen LogP contribution in [0.5, 0.6) is 0 Å². The highest BCUT2D eigenvalue weighted by Crippen LogP contribution is 2.33. The van der Waals surface area contributed by atoms with Crippen molar-refractivity contribution >= 4 is 23.5 Å². The number of nitrogens with zero attached hydrogens (tertiary/aromatic N) is 3. The molecule has 1 aromatic heterocycles. The lowest BCUT2D eigenvalue weighted by atomic mass is 10.0. The minimum atomic E-state index is -0.252. The SMILES string of the molecule is Cc1cccc(N2CC(c3cc(=O)[nH]c(NCCN4CCCC4=O)n3)CC2=O)c1C. The Morgan fingerprint density at radius 1 is 1.20 bits per heavy atom. The lowest BCUT2D eigenvalue weighted by Crippen LogP contribution is -2.30. The van der Waals surface area contributed by atoms with Crippen molar-refractivity contribution in [1.82, 2.24) is 14.9 Å². The third-order valence-electron chi connectivity index (χ3n) is 6.02. The van der Waals surface area contributed by atoms with Gasteiger partial charge in [0.2, 0.25) is 17.8 Å². The summed E-state index contributed by atoms with van der Waals surface area (Å²) in [7, 11) is 0. The van der Waals surface area contributed by atoms with Crippen LogP contribution in [0, 0.1) is 13.8 Å². The van der Waals surface area contributed by atoms with Crippen LogP contribution in [0.4, 0.5) is 11.6 Å². The molecule has 0 bridgehead atoms. The first-order valence-corrected chi connectivity index (χ1v) is 10.4. The number of rotatable bonds is 6. The fourth-order valence-electron chi connectivity index (χ4n) is 4.19. The number of aromatic amines is 1. The lowest BCUT2D eigenvalue weighted by Gasteiger charge is -2.20. The molecule has 2 fully saturated rings. The van der Waals surface area contributed by atoms with Crippen LogP contribution in [0.2, 0.25) is 0 Å². The molecular weight excluding hydrogens is 382 g/mol. The standard InChI is InChI=1S/C22H27N5O3/c1-14-5-3-6-18(15(14)2)27-13-16(11-21(27)30)17-12-19(28)25-22(24-17)23-8-10-26-9-4-7-20(26)29/h3,5-6,12,16H,4,7-11,13H2,1-2H3,(H2,23,24,25,28). The fourth-order valence-corrected chi connectivity index (χ4v) is 4.19. The highest BCUT2D eigenvalue weighted by molar-refractivity contribution is 5.97. The maximum absolute atomic E-state index is 12.7. The number of carbonyl (C=O) groups is 2. The van der Waals surface area contributed by atoms with Gasteiger partial charge in [0.05, 0.1) is 5.69 Å². The molecule has 0 saturated carbocycles. The Balaban J connectivity index is 1.46. The maximum atomic E-state index is 12.7. The van der Waals surface area contributed by atoms with E-state index in [0.717, 1.165) is 29.8 Å². The molecule has 0 aliphatic carbocycles. The molecule has 0 radical (unpaired) electrons. The van der Waals surface area contributed by atoms with Crippen molar-refractivity contribution in [1.29, 1.82) is 0 Å². The molecule has 4 rings (SSSR count). The van der Waals surface area contributed by atoms with E-state index in [0.29, 0.717) is 44.1 Å². The smallest absolute Gasteiger partial charge is 0.252 e. The van der Waals surface area contributed by atoms with Gasteiger partial charge in [0.25, 0.3) is 5.56 Å². The molecule has 2 aromatic rings. The van der Waals surface area contributed by atoms with E-state index in [1.807, 2.05) is 36.9 Å². The second-order valence-electron chi connectivity index (χ2n) is 8.05. The van der Waals surface area contributed by atoms with Crippen molar-refractivity contribution in [3.05, 3.63) is 51.4 Å². The van der Waals surface area contributed by atoms with Crippen molar-refractivity contribution in [3.8, 4) is 0 Å². The average Bonchev–Trinajstić information content (AvgIpc) is 3.29. The lowest BCUT2D eigenvalue weighted by molar-refractivity contribution is -0.127. The molecule has 2 N–H and O–H groups in total. The van der Waals surface area contributed by atoms with E-state index in [-0.39, 0.29) is 23.3 Å². The average molecular weight is 409 g/mol. The van der Waals surface area contributed by atoms with E-state index in [1.165, 1.54) is 6.07 Å². The molecule has 2 amide bonds. The summed E-state index contributed by atoms with van der Waals surface area (Å²) in [5.74, 6) is 0.447. The van der Waals surface area contributed by atoms with E-state index in [1.54, 1.807) is 4.90 Å². The fraction of sp³-hybridized carbons (Fsp3) is 0.455. The predicted molar refractivity (Wildman–Crippen MR) is 115 cm³/mol. The number of H-pyrrole nitrogens is 1. The molecule has 1 unspecified atom stereocenters. The minimum absolute atomic E-state index is 0.0397. The summed E-state index contributed by atoms with van der Waals surface area (Å²) in [5, 5.41) is 3.11. The van der Waals surface area contributed by atoms with Crippen molar-refractivity contribution in [2.75, 3.05) is 36.4 Å². The highest BCUT2D eigenvalue weighted by Gasteiger charge is 2.33. The molecule has 8 heteroatoms. The van der Waals surface area contributed by atoms with E-state index in [4.69, 9.17) is 0 Å². The molecule has 0 spiro atoms. The summed E-state index contributed by atoms with van der Waals surface area (Å²) in [6, 6.07) is 7.42. The van der Waals surface area contributed by atoms with E-state index in [9.17, 15) is 14.4 Å². The first-order chi connectivity index (χ1) is 14.4. The van der Waals surface area contributed by atoms with E-state index < -0.39 is 0 Å². The van der Waals surface area contributed by atoms with Gasteiger partial charge in [-0.3, -0.25) is 19.4 Å². The summed E-state index contributed by atoms with van der Waals surface area (Å²) in [6.45, 7) is 6.42. The quantitative estimate of drug-likeness (QED) is 0.760. The predicted octanol–water partition coefficient (Wildman–Crippen LogP) is 1.94. The Bertz CT molecular complexity index is 1030. The monoisotopic (exact) mass is 409 g/mol. The van der Waals surface area contributed by atoms with Gasteiger partial charge in [-0.15, -0.1) is 0 Å². The topological polar surface area (TPSA) is 98.4 Å². The normalized spacial score (nSPS) is 19.1. The van der Waals surface area contributed by atoms with Gasteiger partial charge in [-0.2, -0.15) is 0 Å². The number of hydrogen-bond donors (Lipinski definition) is 2. The number of likely N-dealkylation sites (tertiary alicyclic amines) is 1. The van der Waals surface area contributed by atoms with Crippen molar-refractivity contribution < 1.29 is 9.59 Å². The number of carbonyl (C=O) groups excluding carboxylic acids is 2. The van der Waals surface area contributed by atoms with Crippen LogP contribution in [-0.2, 0) is 9.59 Å². The molecule has 3 heterocycles. The number of amides is 2. The van der Waals surface area contributed by atoms with Crippen LogP contribution < -0.4 is 15.8 Å². The van der Waals surface area contributed by atoms with Gasteiger partial charge in [0.15, 0.2) is 0 Å². The Morgan fingerprint density at radius 2 is 2.03 bits per heavy atom. The van der Waals surface area contributed by atoms with Crippen LogP contribution in [0.25, 0.3) is 0 Å². The zero-order valence-electron chi connectivity index (χ0n) is 17.4. The van der Waals surface area contributed by atoms with E-state index >= 15 is 0 Å². The largest absolute Gasteiger partial charge is 0.354 e. The molecule has 1 aromatic carbocycles. The second-order valence-corrected chi connectivity index (χ2v) is 8.05. The summed E-state index contributed by atoms with van der Waals surface area (Å²) in [5.41, 5.74) is 3.50. The van der Waals surface area contributed by atoms with Crippen molar-refractivity contribution in [2.45, 2.75) is 39.0 Å². The van der Waals surface area contributed by atoms with Crippen LogP contribution in [0.1, 0.15) is 42.0 Å². The molecular formula is C22H27N5O3. The Kier molecular flexibility index (Phi) is 5.57. The van der Waals surface area contributed by atoms with Gasteiger partial charge < -0.3 is 15.1 Å². The summed E-state index contributed by atoms with van der Waals surface area (Å²) in [4.78, 5) is 47.4. The molecule has 8 nitrogen and oxygen atoms in total. The molecule has 2 aliphatic rings. The van der Waals surface area contributed by atoms with Crippen LogP contribution >= 0.6 is 0 Å². The third kappa shape index (κ3) is 4.08. The Hall–Kier alpha value is -3.16. The third-order valence-corrected chi connectivity index (χ3v) is 6.02. The van der Waals surface area contributed by atoms with Gasteiger partial charge >= 0.3 is 0 Å². The Morgan fingerprint density at radius 3 is 2.80 bits per heavy atom. The number of hydrogen-bond acceptors (Lipinski definition) is 5.